The van der Waals surface area contributed by atoms with Gasteiger partial charge in [-0.15, -0.1) is 0 Å². The van der Waals surface area contributed by atoms with E-state index in [9.17, 15) is 19.2 Å². The van der Waals surface area contributed by atoms with Crippen molar-refractivity contribution in [3.8, 4) is 0 Å². The number of ether oxygens (including phenoxy) is 1. The Labute approximate surface area is 236 Å². The van der Waals surface area contributed by atoms with Crippen molar-refractivity contribution in [3.63, 3.8) is 0 Å². The van der Waals surface area contributed by atoms with Crippen LogP contribution in [0.15, 0.2) is 36.4 Å². The van der Waals surface area contributed by atoms with E-state index in [4.69, 9.17) is 10.5 Å². The lowest BCUT2D eigenvalue weighted by Gasteiger charge is -2.36. The van der Waals surface area contributed by atoms with Crippen molar-refractivity contribution in [2.45, 2.75) is 92.0 Å². The van der Waals surface area contributed by atoms with Gasteiger partial charge in [-0.05, 0) is 88.6 Å². The van der Waals surface area contributed by atoms with Gasteiger partial charge in [0.05, 0.1) is 6.42 Å². The maximum Gasteiger partial charge on any atom is 0.408 e. The summed E-state index contributed by atoms with van der Waals surface area (Å²) in [7, 11) is 0. The van der Waals surface area contributed by atoms with E-state index in [0.29, 0.717) is 17.7 Å². The van der Waals surface area contributed by atoms with E-state index in [-0.39, 0.29) is 17.9 Å². The molecule has 2 aromatic rings. The van der Waals surface area contributed by atoms with Crippen LogP contribution in [0.5, 0.6) is 0 Å². The van der Waals surface area contributed by atoms with Crippen molar-refractivity contribution in [3.05, 3.63) is 64.2 Å². The molecule has 9 heteroatoms. The van der Waals surface area contributed by atoms with Gasteiger partial charge in [-0.25, -0.2) is 4.79 Å². The van der Waals surface area contributed by atoms with Crippen LogP contribution in [-0.2, 0) is 19.1 Å². The average Bonchev–Trinajstić information content (AvgIpc) is 3.55. The predicted molar refractivity (Wildman–Crippen MR) is 155 cm³/mol. The number of amides is 4. The number of hydrogen-bond donors (Lipinski definition) is 3. The van der Waals surface area contributed by atoms with Crippen molar-refractivity contribution < 1.29 is 23.9 Å². The first-order valence-corrected chi connectivity index (χ1v) is 13.6. The van der Waals surface area contributed by atoms with Crippen molar-refractivity contribution in [1.82, 2.24) is 10.2 Å². The number of aryl methyl sites for hydroxylation is 3. The van der Waals surface area contributed by atoms with Gasteiger partial charge >= 0.3 is 6.09 Å². The Morgan fingerprint density at radius 1 is 1.00 bits per heavy atom. The van der Waals surface area contributed by atoms with Crippen LogP contribution in [-0.4, -0.2) is 46.4 Å². The van der Waals surface area contributed by atoms with Gasteiger partial charge in [0, 0.05) is 11.7 Å². The standard InChI is InChI=1S/C31H42N4O5/c1-17-11-10-14-22(21(17)5)27(28(37)34-26-18(2)12-9-13-19(26)3)35(24-15-20(24)4)29(38)23(16-25(32)36)33-30(39)40-31(6,7)8/h9-14,20,23-24,27H,15-16H2,1-8H3,(H2,32,36)(H,33,39)(H,34,37). The minimum atomic E-state index is -1.30. The molecule has 3 rings (SSSR count). The third-order valence-electron chi connectivity index (χ3n) is 7.27. The SMILES string of the molecule is Cc1cccc(C(C(=O)Nc2c(C)cccc2C)N(C(=O)C(CC(N)=O)NC(=O)OC(C)(C)C)C2CC2C)c1C. The number of nitrogens with zero attached hydrogens (tertiary/aromatic N) is 1. The number of nitrogens with two attached hydrogens (primary N) is 1. The monoisotopic (exact) mass is 550 g/mol. The molecule has 40 heavy (non-hydrogen) atoms. The molecular weight excluding hydrogens is 508 g/mol. The van der Waals surface area contributed by atoms with Crippen LogP contribution in [0.1, 0.15) is 74.4 Å². The van der Waals surface area contributed by atoms with E-state index >= 15 is 0 Å². The maximum atomic E-state index is 14.3. The van der Waals surface area contributed by atoms with E-state index in [1.165, 1.54) is 4.90 Å². The van der Waals surface area contributed by atoms with Crippen molar-refractivity contribution >= 4 is 29.5 Å². The summed E-state index contributed by atoms with van der Waals surface area (Å²) in [5.74, 6) is -1.59. The van der Waals surface area contributed by atoms with Crippen LogP contribution in [0.3, 0.4) is 0 Å². The quantitative estimate of drug-likeness (QED) is 0.420. The molecule has 4 N–H and O–H groups in total. The summed E-state index contributed by atoms with van der Waals surface area (Å²) in [6, 6.07) is 8.80. The van der Waals surface area contributed by atoms with Crippen LogP contribution in [0.2, 0.25) is 0 Å². The highest BCUT2D eigenvalue weighted by molar-refractivity contribution is 6.01. The minimum absolute atomic E-state index is 0.125. The summed E-state index contributed by atoms with van der Waals surface area (Å²) < 4.78 is 5.36. The van der Waals surface area contributed by atoms with E-state index in [0.717, 1.165) is 22.3 Å². The first-order valence-electron chi connectivity index (χ1n) is 13.6. The Bertz CT molecular complexity index is 1280. The third-order valence-corrected chi connectivity index (χ3v) is 7.27. The van der Waals surface area contributed by atoms with Gasteiger partial charge in [-0.2, -0.15) is 0 Å². The van der Waals surface area contributed by atoms with Gasteiger partial charge in [0.2, 0.25) is 11.8 Å². The molecule has 0 radical (unpaired) electrons. The number of benzene rings is 2. The molecule has 4 unspecified atom stereocenters. The van der Waals surface area contributed by atoms with E-state index in [1.54, 1.807) is 20.8 Å². The molecule has 1 aliphatic rings. The second-order valence-corrected chi connectivity index (χ2v) is 11.8. The van der Waals surface area contributed by atoms with Gasteiger partial charge < -0.3 is 26.0 Å². The molecule has 9 nitrogen and oxygen atoms in total. The molecule has 0 aliphatic heterocycles. The fourth-order valence-electron chi connectivity index (χ4n) is 4.89. The van der Waals surface area contributed by atoms with E-state index in [2.05, 4.69) is 10.6 Å². The Morgan fingerprint density at radius 3 is 2.08 bits per heavy atom. The number of primary amides is 1. The fraction of sp³-hybridized carbons (Fsp3) is 0.484. The Balaban J connectivity index is 2.11. The molecule has 0 spiro atoms. The predicted octanol–water partition coefficient (Wildman–Crippen LogP) is 4.61. The van der Waals surface area contributed by atoms with Crippen molar-refractivity contribution in [2.24, 2.45) is 11.7 Å². The lowest BCUT2D eigenvalue weighted by atomic mass is 9.94. The molecule has 1 saturated carbocycles. The van der Waals surface area contributed by atoms with Crippen LogP contribution >= 0.6 is 0 Å². The smallest absolute Gasteiger partial charge is 0.408 e. The highest BCUT2D eigenvalue weighted by Gasteiger charge is 2.49. The van der Waals surface area contributed by atoms with E-state index in [1.807, 2.05) is 71.0 Å². The Hall–Kier alpha value is -3.88. The summed E-state index contributed by atoms with van der Waals surface area (Å²) in [6.45, 7) is 14.8. The lowest BCUT2D eigenvalue weighted by molar-refractivity contribution is -0.142. The molecule has 216 valence electrons. The summed E-state index contributed by atoms with van der Waals surface area (Å²) in [5, 5.41) is 5.61. The Kier molecular flexibility index (Phi) is 9.28. The van der Waals surface area contributed by atoms with Crippen LogP contribution < -0.4 is 16.4 Å². The zero-order chi connectivity index (χ0) is 29.9. The van der Waals surface area contributed by atoms with Crippen molar-refractivity contribution in [2.75, 3.05) is 5.32 Å². The summed E-state index contributed by atoms with van der Waals surface area (Å²) >= 11 is 0. The van der Waals surface area contributed by atoms with Crippen LogP contribution in [0, 0.1) is 33.6 Å². The second-order valence-electron chi connectivity index (χ2n) is 11.8. The van der Waals surface area contributed by atoms with Crippen LogP contribution in [0.25, 0.3) is 0 Å². The fourth-order valence-corrected chi connectivity index (χ4v) is 4.89. The highest BCUT2D eigenvalue weighted by atomic mass is 16.6. The first-order chi connectivity index (χ1) is 18.6. The van der Waals surface area contributed by atoms with Crippen LogP contribution in [0.4, 0.5) is 10.5 Å². The van der Waals surface area contributed by atoms with Gasteiger partial charge in [0.25, 0.3) is 5.91 Å². The number of nitrogens with one attached hydrogen (secondary N) is 2. The van der Waals surface area contributed by atoms with Gasteiger partial charge in [-0.1, -0.05) is 43.3 Å². The molecule has 4 amide bonds. The largest absolute Gasteiger partial charge is 0.444 e. The number of hydrogen-bond acceptors (Lipinski definition) is 5. The second kappa shape index (κ2) is 12.1. The number of rotatable bonds is 9. The number of anilines is 1. The topological polar surface area (TPSA) is 131 Å². The number of para-hydroxylation sites is 1. The molecule has 0 bridgehead atoms. The highest BCUT2D eigenvalue weighted by Crippen LogP contribution is 2.42. The lowest BCUT2D eigenvalue weighted by Crippen LogP contribution is -2.54. The average molecular weight is 551 g/mol. The molecule has 4 atom stereocenters. The molecule has 0 aromatic heterocycles. The number of carbonyl (C=O) groups is 4. The maximum absolute atomic E-state index is 14.3. The summed E-state index contributed by atoms with van der Waals surface area (Å²) in [4.78, 5) is 54.7. The zero-order valence-corrected chi connectivity index (χ0v) is 24.8. The normalized spacial score (nSPS) is 17.8. The Morgan fingerprint density at radius 2 is 1.55 bits per heavy atom. The third kappa shape index (κ3) is 7.40. The number of alkyl carbamates (subject to hydrolysis) is 1. The van der Waals surface area contributed by atoms with Gasteiger partial charge in [-0.3, -0.25) is 14.4 Å². The van der Waals surface area contributed by atoms with E-state index < -0.39 is 42.0 Å². The molecular formula is C31H42N4O5. The molecule has 1 aliphatic carbocycles. The first kappa shape index (κ1) is 30.7. The van der Waals surface area contributed by atoms with Gasteiger partial charge in [0.1, 0.15) is 17.7 Å². The molecule has 0 saturated heterocycles. The summed E-state index contributed by atoms with van der Waals surface area (Å²) in [5.41, 5.74) is 9.67. The number of carbonyl (C=O) groups excluding carboxylic acids is 4. The zero-order valence-electron chi connectivity index (χ0n) is 24.8. The summed E-state index contributed by atoms with van der Waals surface area (Å²) in [6.07, 6.45) is -0.605. The van der Waals surface area contributed by atoms with Gasteiger partial charge in [0.15, 0.2) is 0 Å². The van der Waals surface area contributed by atoms with Crippen molar-refractivity contribution in [1.29, 1.82) is 0 Å². The molecule has 0 heterocycles. The molecule has 1 fully saturated rings. The minimum Gasteiger partial charge on any atom is -0.444 e. The molecule has 2 aromatic carbocycles.